The number of hydrogen-bond donors (Lipinski definition) is 0. The zero-order valence-electron chi connectivity index (χ0n) is 11.2. The second kappa shape index (κ2) is 6.36. The number of anilines is 1. The topological polar surface area (TPSA) is 46.6 Å². The molecule has 1 aliphatic rings. The minimum atomic E-state index is -0.198. The lowest BCUT2D eigenvalue weighted by atomic mass is 10.0. The molecule has 0 bridgehead atoms. The molecule has 102 valence electrons. The number of hydrogen-bond acceptors (Lipinski definition) is 4. The Morgan fingerprint density at radius 1 is 1.37 bits per heavy atom. The van der Waals surface area contributed by atoms with Crippen molar-refractivity contribution >= 4 is 17.9 Å². The first-order chi connectivity index (χ1) is 9.26. The van der Waals surface area contributed by atoms with Gasteiger partial charge < -0.3 is 9.64 Å². The van der Waals surface area contributed by atoms with Crippen molar-refractivity contribution in [1.29, 1.82) is 0 Å². The van der Waals surface area contributed by atoms with Crippen LogP contribution in [0.25, 0.3) is 0 Å². The summed E-state index contributed by atoms with van der Waals surface area (Å²) in [4.78, 5) is 24.7. The van der Waals surface area contributed by atoms with Gasteiger partial charge in [-0.2, -0.15) is 0 Å². The van der Waals surface area contributed by atoms with E-state index in [1.807, 2.05) is 19.1 Å². The number of carbonyl (C=O) groups excluding carboxylic acids is 2. The zero-order valence-corrected chi connectivity index (χ0v) is 11.2. The highest BCUT2D eigenvalue weighted by Crippen LogP contribution is 2.25. The summed E-state index contributed by atoms with van der Waals surface area (Å²) in [5.74, 6) is -0.151. The molecule has 0 N–H and O–H groups in total. The van der Waals surface area contributed by atoms with E-state index in [0.717, 1.165) is 37.8 Å². The fraction of sp³-hybridized carbons (Fsp3) is 0.467. The predicted molar refractivity (Wildman–Crippen MR) is 73.4 cm³/mol. The zero-order chi connectivity index (χ0) is 13.7. The summed E-state index contributed by atoms with van der Waals surface area (Å²) in [7, 11) is 0. The number of carbonyl (C=O) groups is 2. The van der Waals surface area contributed by atoms with Gasteiger partial charge in [-0.25, -0.2) is 4.79 Å². The first kappa shape index (κ1) is 13.6. The smallest absolute Gasteiger partial charge is 0.328 e. The maximum atomic E-state index is 12.0. The molecule has 0 spiro atoms. The summed E-state index contributed by atoms with van der Waals surface area (Å²) >= 11 is 0. The van der Waals surface area contributed by atoms with Crippen molar-refractivity contribution in [2.24, 2.45) is 0 Å². The number of piperidine rings is 1. The van der Waals surface area contributed by atoms with Crippen molar-refractivity contribution in [3.05, 3.63) is 29.8 Å². The van der Waals surface area contributed by atoms with E-state index in [1.54, 1.807) is 12.1 Å². The number of ether oxygens (including phenoxy) is 1. The first-order valence-corrected chi connectivity index (χ1v) is 6.74. The van der Waals surface area contributed by atoms with E-state index in [-0.39, 0.29) is 12.0 Å². The highest BCUT2D eigenvalue weighted by molar-refractivity contribution is 5.81. The molecular weight excluding hydrogens is 242 g/mol. The lowest BCUT2D eigenvalue weighted by molar-refractivity contribution is -0.145. The molecule has 1 fully saturated rings. The Kier molecular flexibility index (Phi) is 4.55. The van der Waals surface area contributed by atoms with Crippen LogP contribution in [0.15, 0.2) is 24.3 Å². The average molecular weight is 261 g/mol. The Bertz CT molecular complexity index is 441. The van der Waals surface area contributed by atoms with E-state index in [4.69, 9.17) is 4.74 Å². The van der Waals surface area contributed by atoms with Crippen molar-refractivity contribution in [1.82, 2.24) is 0 Å². The molecule has 1 aliphatic heterocycles. The second-order valence-corrected chi connectivity index (χ2v) is 4.67. The third-order valence-corrected chi connectivity index (χ3v) is 3.42. The first-order valence-electron chi connectivity index (χ1n) is 6.74. The Hall–Kier alpha value is -1.84. The Morgan fingerprint density at radius 2 is 2.11 bits per heavy atom. The molecule has 1 aromatic carbocycles. The van der Waals surface area contributed by atoms with E-state index in [0.29, 0.717) is 12.2 Å². The summed E-state index contributed by atoms with van der Waals surface area (Å²) in [6.45, 7) is 3.08. The number of aldehydes is 1. The lowest BCUT2D eigenvalue weighted by Gasteiger charge is -2.35. The van der Waals surface area contributed by atoms with Crippen LogP contribution in [-0.2, 0) is 9.53 Å². The second-order valence-electron chi connectivity index (χ2n) is 4.67. The number of nitrogens with zero attached hydrogens (tertiary/aromatic N) is 1. The van der Waals surface area contributed by atoms with Crippen LogP contribution in [0.1, 0.15) is 36.5 Å². The molecule has 0 radical (unpaired) electrons. The molecule has 0 amide bonds. The summed E-state index contributed by atoms with van der Waals surface area (Å²) in [5.41, 5.74) is 1.62. The van der Waals surface area contributed by atoms with E-state index >= 15 is 0 Å². The van der Waals surface area contributed by atoms with Crippen LogP contribution in [0.3, 0.4) is 0 Å². The minimum absolute atomic E-state index is 0.151. The summed E-state index contributed by atoms with van der Waals surface area (Å²) in [5, 5.41) is 0. The fourth-order valence-electron chi connectivity index (χ4n) is 2.47. The number of esters is 1. The fourth-order valence-corrected chi connectivity index (χ4v) is 2.47. The Morgan fingerprint density at radius 3 is 2.74 bits per heavy atom. The van der Waals surface area contributed by atoms with Gasteiger partial charge in [-0.05, 0) is 50.5 Å². The van der Waals surface area contributed by atoms with Crippen molar-refractivity contribution in [3.63, 3.8) is 0 Å². The van der Waals surface area contributed by atoms with Crippen LogP contribution in [-0.4, -0.2) is 31.4 Å². The predicted octanol–water partition coefficient (Wildman–Crippen LogP) is 2.42. The highest BCUT2D eigenvalue weighted by Gasteiger charge is 2.29. The van der Waals surface area contributed by atoms with Gasteiger partial charge in [0.1, 0.15) is 12.3 Å². The molecule has 0 unspecified atom stereocenters. The summed E-state index contributed by atoms with van der Waals surface area (Å²) in [6.07, 6.45) is 3.77. The van der Waals surface area contributed by atoms with Crippen molar-refractivity contribution in [2.75, 3.05) is 18.1 Å². The van der Waals surface area contributed by atoms with E-state index in [1.165, 1.54) is 0 Å². The summed E-state index contributed by atoms with van der Waals surface area (Å²) in [6, 6.07) is 7.14. The van der Waals surface area contributed by atoms with E-state index in [2.05, 4.69) is 4.90 Å². The van der Waals surface area contributed by atoms with Crippen LogP contribution in [0, 0.1) is 0 Å². The molecular formula is C15H19NO3. The van der Waals surface area contributed by atoms with Crippen LogP contribution in [0.2, 0.25) is 0 Å². The monoisotopic (exact) mass is 261 g/mol. The third-order valence-electron chi connectivity index (χ3n) is 3.42. The molecule has 1 atom stereocenters. The Balaban J connectivity index is 2.18. The van der Waals surface area contributed by atoms with Gasteiger partial charge in [-0.15, -0.1) is 0 Å². The minimum Gasteiger partial charge on any atom is -0.464 e. The largest absolute Gasteiger partial charge is 0.464 e. The van der Waals surface area contributed by atoms with Crippen molar-refractivity contribution in [3.8, 4) is 0 Å². The van der Waals surface area contributed by atoms with Crippen LogP contribution >= 0.6 is 0 Å². The highest BCUT2D eigenvalue weighted by atomic mass is 16.5. The summed E-state index contributed by atoms with van der Waals surface area (Å²) < 4.78 is 5.14. The maximum absolute atomic E-state index is 12.0. The van der Waals surface area contributed by atoms with Gasteiger partial charge >= 0.3 is 5.97 Å². The number of rotatable bonds is 4. The standard InChI is InChI=1S/C15H19NO3/c1-2-19-15(18)14-5-3-4-10-16(14)13-8-6-12(11-17)7-9-13/h6-9,11,14H,2-5,10H2,1H3/t14-/m1/s1. The van der Waals surface area contributed by atoms with Gasteiger partial charge in [0.15, 0.2) is 0 Å². The molecule has 0 aromatic heterocycles. The lowest BCUT2D eigenvalue weighted by Crippen LogP contribution is -2.45. The van der Waals surface area contributed by atoms with Gasteiger partial charge in [-0.1, -0.05) is 0 Å². The Labute approximate surface area is 113 Å². The number of benzene rings is 1. The van der Waals surface area contributed by atoms with Gasteiger partial charge in [0.25, 0.3) is 0 Å². The van der Waals surface area contributed by atoms with Gasteiger partial charge in [-0.3, -0.25) is 4.79 Å². The molecule has 4 heteroatoms. The van der Waals surface area contributed by atoms with Gasteiger partial charge in [0.05, 0.1) is 6.61 Å². The normalized spacial score (nSPS) is 19.0. The molecule has 4 nitrogen and oxygen atoms in total. The molecule has 1 aromatic rings. The molecule has 2 rings (SSSR count). The molecule has 19 heavy (non-hydrogen) atoms. The van der Waals surface area contributed by atoms with Crippen LogP contribution in [0.4, 0.5) is 5.69 Å². The SMILES string of the molecule is CCOC(=O)[C@H]1CCCCN1c1ccc(C=O)cc1. The van der Waals surface area contributed by atoms with Gasteiger partial charge in [0.2, 0.25) is 0 Å². The van der Waals surface area contributed by atoms with Crippen LogP contribution in [0.5, 0.6) is 0 Å². The van der Waals surface area contributed by atoms with Gasteiger partial charge in [0, 0.05) is 17.8 Å². The molecule has 1 heterocycles. The van der Waals surface area contributed by atoms with Crippen molar-refractivity contribution < 1.29 is 14.3 Å². The van der Waals surface area contributed by atoms with Crippen LogP contribution < -0.4 is 4.90 Å². The molecule has 0 aliphatic carbocycles. The van der Waals surface area contributed by atoms with E-state index < -0.39 is 0 Å². The molecule has 1 saturated heterocycles. The quantitative estimate of drug-likeness (QED) is 0.617. The third kappa shape index (κ3) is 3.13. The maximum Gasteiger partial charge on any atom is 0.328 e. The van der Waals surface area contributed by atoms with E-state index in [9.17, 15) is 9.59 Å². The average Bonchev–Trinajstić information content (AvgIpc) is 2.47. The molecule has 0 saturated carbocycles. The van der Waals surface area contributed by atoms with Crippen molar-refractivity contribution in [2.45, 2.75) is 32.2 Å².